The maximum atomic E-state index is 13.1. The zero-order valence-electron chi connectivity index (χ0n) is 13.3. The number of methoxy groups -OCH3 is 1. The van der Waals surface area contributed by atoms with Crippen molar-refractivity contribution in [3.8, 4) is 11.8 Å². The van der Waals surface area contributed by atoms with E-state index in [2.05, 4.69) is 0 Å². The van der Waals surface area contributed by atoms with Crippen molar-refractivity contribution in [1.29, 1.82) is 5.26 Å². The van der Waals surface area contributed by atoms with Crippen LogP contribution in [0.3, 0.4) is 0 Å². The predicted octanol–water partition coefficient (Wildman–Crippen LogP) is 2.92. The Morgan fingerprint density at radius 1 is 1.17 bits per heavy atom. The topological polar surface area (TPSA) is 70.4 Å². The molecule has 1 aliphatic rings. The number of nitriles is 1. The lowest BCUT2D eigenvalue weighted by Gasteiger charge is -2.22. The second-order valence-corrected chi connectivity index (χ2v) is 7.60. The summed E-state index contributed by atoms with van der Waals surface area (Å²) in [6, 6.07) is 15.7. The highest BCUT2D eigenvalue weighted by molar-refractivity contribution is 7.89. The van der Waals surface area contributed by atoms with Gasteiger partial charge in [0.25, 0.3) is 0 Å². The molecule has 0 atom stereocenters. The molecule has 0 aromatic heterocycles. The Balaban J connectivity index is 1.94. The van der Waals surface area contributed by atoms with Crippen LogP contribution in [0.4, 0.5) is 0 Å². The highest BCUT2D eigenvalue weighted by atomic mass is 32.2. The van der Waals surface area contributed by atoms with E-state index in [4.69, 9.17) is 4.74 Å². The van der Waals surface area contributed by atoms with Gasteiger partial charge in [0.15, 0.2) is 0 Å². The molecule has 1 saturated carbocycles. The van der Waals surface area contributed by atoms with Gasteiger partial charge in [-0.25, -0.2) is 8.42 Å². The number of hydrogen-bond donors (Lipinski definition) is 0. The molecular weight excluding hydrogens is 324 g/mol. The lowest BCUT2D eigenvalue weighted by atomic mass is 10.2. The standard InChI is InChI=1S/C18H18N2O3S/c1-23-17-10-6-14(7-11-17)13-20(16-8-9-16)24(21,22)18-5-3-2-4-15(18)12-19/h2-7,10-11,16H,8-9,13H2,1H3. The third-order valence-corrected chi connectivity index (χ3v) is 6.00. The number of ether oxygens (including phenoxy) is 1. The maximum Gasteiger partial charge on any atom is 0.244 e. The van der Waals surface area contributed by atoms with Crippen molar-refractivity contribution in [1.82, 2.24) is 4.31 Å². The van der Waals surface area contributed by atoms with Crippen LogP contribution in [0.15, 0.2) is 53.4 Å². The third kappa shape index (κ3) is 3.28. The summed E-state index contributed by atoms with van der Waals surface area (Å²) in [5.41, 5.74) is 1.07. The molecule has 5 nitrogen and oxygen atoms in total. The van der Waals surface area contributed by atoms with Gasteiger partial charge in [-0.15, -0.1) is 0 Å². The Hall–Kier alpha value is -2.36. The van der Waals surface area contributed by atoms with Gasteiger partial charge in [-0.1, -0.05) is 24.3 Å². The summed E-state index contributed by atoms with van der Waals surface area (Å²) in [6.45, 7) is 0.288. The van der Waals surface area contributed by atoms with Crippen LogP contribution in [0.1, 0.15) is 24.0 Å². The van der Waals surface area contributed by atoms with Gasteiger partial charge >= 0.3 is 0 Å². The smallest absolute Gasteiger partial charge is 0.244 e. The number of rotatable bonds is 6. The molecular formula is C18H18N2O3S. The summed E-state index contributed by atoms with van der Waals surface area (Å²) in [5.74, 6) is 0.731. The van der Waals surface area contributed by atoms with E-state index in [0.717, 1.165) is 24.2 Å². The fourth-order valence-corrected chi connectivity index (χ4v) is 4.41. The summed E-state index contributed by atoms with van der Waals surface area (Å²) in [4.78, 5) is 0.0768. The highest BCUT2D eigenvalue weighted by Gasteiger charge is 2.38. The van der Waals surface area contributed by atoms with Crippen LogP contribution >= 0.6 is 0 Å². The quantitative estimate of drug-likeness (QED) is 0.809. The fourth-order valence-electron chi connectivity index (χ4n) is 2.59. The molecule has 0 heterocycles. The summed E-state index contributed by atoms with van der Waals surface area (Å²) in [5, 5.41) is 9.22. The van der Waals surface area contributed by atoms with Crippen molar-refractivity contribution >= 4 is 10.0 Å². The number of nitrogens with zero attached hydrogens (tertiary/aromatic N) is 2. The summed E-state index contributed by atoms with van der Waals surface area (Å²) in [6.07, 6.45) is 1.70. The van der Waals surface area contributed by atoms with E-state index in [1.807, 2.05) is 30.3 Å². The zero-order valence-corrected chi connectivity index (χ0v) is 14.2. The first-order valence-electron chi connectivity index (χ1n) is 7.70. The first kappa shape index (κ1) is 16.5. The molecule has 2 aromatic rings. The Morgan fingerprint density at radius 3 is 2.42 bits per heavy atom. The van der Waals surface area contributed by atoms with Crippen molar-refractivity contribution in [2.75, 3.05) is 7.11 Å². The minimum atomic E-state index is -3.71. The normalized spacial score (nSPS) is 14.4. The van der Waals surface area contributed by atoms with Crippen molar-refractivity contribution in [2.24, 2.45) is 0 Å². The van der Waals surface area contributed by atoms with E-state index >= 15 is 0 Å². The molecule has 0 unspecified atom stereocenters. The molecule has 0 radical (unpaired) electrons. The van der Waals surface area contributed by atoms with Gasteiger partial charge in [-0.3, -0.25) is 0 Å². The molecule has 1 fully saturated rings. The molecule has 0 spiro atoms. The molecule has 3 rings (SSSR count). The van der Waals surface area contributed by atoms with Crippen LogP contribution in [0.5, 0.6) is 5.75 Å². The minimum Gasteiger partial charge on any atom is -0.497 e. The zero-order chi connectivity index (χ0) is 17.2. The van der Waals surface area contributed by atoms with E-state index in [-0.39, 0.29) is 23.0 Å². The molecule has 24 heavy (non-hydrogen) atoms. The average Bonchev–Trinajstić information content (AvgIpc) is 3.44. The number of benzene rings is 2. The van der Waals surface area contributed by atoms with Crippen LogP contribution in [-0.4, -0.2) is 25.9 Å². The summed E-state index contributed by atoms with van der Waals surface area (Å²) < 4.78 is 32.8. The fraction of sp³-hybridized carbons (Fsp3) is 0.278. The van der Waals surface area contributed by atoms with Crippen LogP contribution in [0.2, 0.25) is 0 Å². The van der Waals surface area contributed by atoms with Crippen molar-refractivity contribution in [2.45, 2.75) is 30.3 Å². The van der Waals surface area contributed by atoms with E-state index in [0.29, 0.717) is 0 Å². The average molecular weight is 342 g/mol. The molecule has 0 N–H and O–H groups in total. The van der Waals surface area contributed by atoms with E-state index in [1.165, 1.54) is 16.4 Å². The molecule has 6 heteroatoms. The third-order valence-electron chi connectivity index (χ3n) is 4.05. The lowest BCUT2D eigenvalue weighted by molar-refractivity contribution is 0.397. The largest absolute Gasteiger partial charge is 0.497 e. The first-order valence-corrected chi connectivity index (χ1v) is 9.14. The molecule has 0 aliphatic heterocycles. The maximum absolute atomic E-state index is 13.1. The molecule has 124 valence electrons. The minimum absolute atomic E-state index is 0.00357. The Morgan fingerprint density at radius 2 is 1.83 bits per heavy atom. The van der Waals surface area contributed by atoms with Crippen molar-refractivity contribution in [3.63, 3.8) is 0 Å². The summed E-state index contributed by atoms with van der Waals surface area (Å²) in [7, 11) is -2.12. The molecule has 0 bridgehead atoms. The van der Waals surface area contributed by atoms with Gasteiger partial charge in [-0.2, -0.15) is 9.57 Å². The lowest BCUT2D eigenvalue weighted by Crippen LogP contribution is -2.33. The number of hydrogen-bond acceptors (Lipinski definition) is 4. The van der Waals surface area contributed by atoms with Gasteiger partial charge in [0.05, 0.1) is 17.6 Å². The Bertz CT molecular complexity index is 866. The van der Waals surface area contributed by atoms with Crippen molar-refractivity contribution in [3.05, 3.63) is 59.7 Å². The van der Waals surface area contributed by atoms with Gasteiger partial charge in [0, 0.05) is 12.6 Å². The number of sulfonamides is 1. The van der Waals surface area contributed by atoms with E-state index < -0.39 is 10.0 Å². The van der Waals surface area contributed by atoms with Crippen LogP contribution in [0.25, 0.3) is 0 Å². The molecule has 2 aromatic carbocycles. The molecule has 0 amide bonds. The van der Waals surface area contributed by atoms with Crippen LogP contribution < -0.4 is 4.74 Å². The first-order chi connectivity index (χ1) is 11.6. The SMILES string of the molecule is COc1ccc(CN(C2CC2)S(=O)(=O)c2ccccc2C#N)cc1. The van der Waals surface area contributed by atoms with Crippen LogP contribution in [-0.2, 0) is 16.6 Å². The highest BCUT2D eigenvalue weighted by Crippen LogP contribution is 2.34. The molecule has 1 aliphatic carbocycles. The van der Waals surface area contributed by atoms with Gasteiger partial charge in [0.2, 0.25) is 10.0 Å². The van der Waals surface area contributed by atoms with Gasteiger partial charge in [0.1, 0.15) is 11.8 Å². The van der Waals surface area contributed by atoms with E-state index in [1.54, 1.807) is 19.2 Å². The predicted molar refractivity (Wildman–Crippen MR) is 89.9 cm³/mol. The van der Waals surface area contributed by atoms with Gasteiger partial charge < -0.3 is 4.74 Å². The van der Waals surface area contributed by atoms with Gasteiger partial charge in [-0.05, 0) is 42.7 Å². The molecule has 0 saturated heterocycles. The Labute approximate surface area is 142 Å². The second kappa shape index (κ2) is 6.63. The Kier molecular flexibility index (Phi) is 4.56. The monoisotopic (exact) mass is 342 g/mol. The second-order valence-electron chi connectivity index (χ2n) is 5.74. The van der Waals surface area contributed by atoms with Crippen molar-refractivity contribution < 1.29 is 13.2 Å². The van der Waals surface area contributed by atoms with Crippen LogP contribution in [0, 0.1) is 11.3 Å². The van der Waals surface area contributed by atoms with E-state index in [9.17, 15) is 13.7 Å². The summed E-state index contributed by atoms with van der Waals surface area (Å²) >= 11 is 0.